The third-order valence-electron chi connectivity index (χ3n) is 0.343. The molecule has 0 spiro atoms. The topological polar surface area (TPSA) is 12.0 Å². The van der Waals surface area contributed by atoms with Crippen LogP contribution in [-0.4, -0.2) is 7.05 Å². The van der Waals surface area contributed by atoms with Crippen LogP contribution in [0.5, 0.6) is 0 Å². The second kappa shape index (κ2) is 3.04. The van der Waals surface area contributed by atoms with Crippen molar-refractivity contribution < 1.29 is 0 Å². The van der Waals surface area contributed by atoms with Crippen molar-refractivity contribution in [2.45, 2.75) is 6.92 Å². The lowest BCUT2D eigenvalue weighted by Gasteiger charge is -1.82. The Morgan fingerprint density at radius 1 is 1.83 bits per heavy atom. The second-order valence-corrected chi connectivity index (χ2v) is 1.62. The molecule has 1 nitrogen and oxygen atoms in total. The van der Waals surface area contributed by atoms with E-state index in [1.807, 2.05) is 14.0 Å². The van der Waals surface area contributed by atoms with Gasteiger partial charge in [0.25, 0.3) is 0 Å². The van der Waals surface area contributed by atoms with E-state index in [2.05, 4.69) is 5.32 Å². The van der Waals surface area contributed by atoms with Gasteiger partial charge in [0, 0.05) is 18.3 Å². The van der Waals surface area contributed by atoms with Crippen LogP contribution in [0, 0.1) is 0 Å². The first-order valence-electron chi connectivity index (χ1n) is 1.77. The Labute approximate surface area is 43.0 Å². The van der Waals surface area contributed by atoms with E-state index >= 15 is 0 Å². The quantitative estimate of drug-likeness (QED) is 0.530. The van der Waals surface area contributed by atoms with Gasteiger partial charge < -0.3 is 5.32 Å². The predicted octanol–water partition coefficient (Wildman–Crippen LogP) is 1.31. The first kappa shape index (κ1) is 5.83. The van der Waals surface area contributed by atoms with E-state index in [4.69, 9.17) is 11.6 Å². The van der Waals surface area contributed by atoms with Crippen molar-refractivity contribution in [1.82, 2.24) is 5.32 Å². The molecule has 1 N–H and O–H groups in total. The molecule has 2 heteroatoms. The lowest BCUT2D eigenvalue weighted by atomic mass is 10.7. The van der Waals surface area contributed by atoms with Crippen LogP contribution in [-0.2, 0) is 0 Å². The summed E-state index contributed by atoms with van der Waals surface area (Å²) >= 11 is 5.38. The number of halogens is 1. The monoisotopic (exact) mass is 105 g/mol. The molecule has 0 radical (unpaired) electrons. The number of rotatable bonds is 1. The number of nitrogens with one attached hydrogen (secondary N) is 1. The molecular formula is C4H8ClN. The standard InChI is InChI=1S/C4H8ClN/c1-4(5)3-6-2/h3,6H,1-2H3/b4-3+. The lowest BCUT2D eigenvalue weighted by molar-refractivity contribution is 1.09. The zero-order chi connectivity index (χ0) is 4.99. The molecule has 0 rings (SSSR count). The summed E-state index contributed by atoms with van der Waals surface area (Å²) in [5, 5.41) is 3.55. The van der Waals surface area contributed by atoms with Crippen LogP contribution in [0.15, 0.2) is 11.2 Å². The van der Waals surface area contributed by atoms with Crippen LogP contribution in [0.25, 0.3) is 0 Å². The SMILES string of the molecule is CN/C=C(\C)Cl. The van der Waals surface area contributed by atoms with Crippen molar-refractivity contribution in [3.05, 3.63) is 11.2 Å². The molecule has 0 aliphatic rings. The minimum Gasteiger partial charge on any atom is -0.393 e. The van der Waals surface area contributed by atoms with Crippen LogP contribution in [0.2, 0.25) is 0 Å². The molecule has 0 saturated heterocycles. The molecule has 0 fully saturated rings. The van der Waals surface area contributed by atoms with Crippen LogP contribution >= 0.6 is 11.6 Å². The fourth-order valence-corrected chi connectivity index (χ4v) is 0.308. The summed E-state index contributed by atoms with van der Waals surface area (Å²) in [7, 11) is 1.81. The van der Waals surface area contributed by atoms with Gasteiger partial charge in [0.15, 0.2) is 0 Å². The average molecular weight is 106 g/mol. The Kier molecular flexibility index (Phi) is 2.95. The molecule has 0 amide bonds. The highest BCUT2D eigenvalue weighted by atomic mass is 35.5. The summed E-state index contributed by atoms with van der Waals surface area (Å²) in [5.41, 5.74) is 0. The first-order chi connectivity index (χ1) is 2.77. The van der Waals surface area contributed by atoms with E-state index in [0.717, 1.165) is 5.03 Å². The van der Waals surface area contributed by atoms with Crippen LogP contribution < -0.4 is 5.32 Å². The molecule has 6 heavy (non-hydrogen) atoms. The Morgan fingerprint density at radius 3 is 2.33 bits per heavy atom. The van der Waals surface area contributed by atoms with Crippen molar-refractivity contribution >= 4 is 11.6 Å². The molecule has 0 bridgehead atoms. The summed E-state index contributed by atoms with van der Waals surface area (Å²) in [6.07, 6.45) is 1.72. The van der Waals surface area contributed by atoms with Crippen LogP contribution in [0.3, 0.4) is 0 Å². The smallest absolute Gasteiger partial charge is 0.0306 e. The predicted molar refractivity (Wildman–Crippen MR) is 28.7 cm³/mol. The van der Waals surface area contributed by atoms with Gasteiger partial charge in [-0.3, -0.25) is 0 Å². The molecule has 0 atom stereocenters. The van der Waals surface area contributed by atoms with Gasteiger partial charge in [-0.2, -0.15) is 0 Å². The summed E-state index contributed by atoms with van der Waals surface area (Å²) < 4.78 is 0. The summed E-state index contributed by atoms with van der Waals surface area (Å²) in [5.74, 6) is 0. The molecular weight excluding hydrogens is 97.5 g/mol. The van der Waals surface area contributed by atoms with Crippen molar-refractivity contribution in [1.29, 1.82) is 0 Å². The van der Waals surface area contributed by atoms with Crippen molar-refractivity contribution in [3.63, 3.8) is 0 Å². The Morgan fingerprint density at radius 2 is 2.33 bits per heavy atom. The molecule has 36 valence electrons. The van der Waals surface area contributed by atoms with E-state index in [-0.39, 0.29) is 0 Å². The summed E-state index contributed by atoms with van der Waals surface area (Å²) in [4.78, 5) is 0. The molecule has 0 heterocycles. The number of allylic oxidation sites excluding steroid dienone is 1. The molecule has 0 unspecified atom stereocenters. The minimum atomic E-state index is 0.775. The highest BCUT2D eigenvalue weighted by molar-refractivity contribution is 6.29. The summed E-state index contributed by atoms with van der Waals surface area (Å²) in [6, 6.07) is 0. The Balaban J connectivity index is 3.14. The molecule has 0 aliphatic carbocycles. The lowest BCUT2D eigenvalue weighted by Crippen LogP contribution is -1.91. The maximum atomic E-state index is 5.38. The van der Waals surface area contributed by atoms with Crippen LogP contribution in [0.1, 0.15) is 6.92 Å². The van der Waals surface area contributed by atoms with Gasteiger partial charge in [-0.15, -0.1) is 0 Å². The Bertz CT molecular complexity index is 54.6. The van der Waals surface area contributed by atoms with Crippen molar-refractivity contribution in [3.8, 4) is 0 Å². The minimum absolute atomic E-state index is 0.775. The zero-order valence-corrected chi connectivity index (χ0v) is 4.71. The van der Waals surface area contributed by atoms with E-state index in [1.165, 1.54) is 0 Å². The normalized spacial score (nSPS) is 11.5. The third kappa shape index (κ3) is 3.83. The van der Waals surface area contributed by atoms with Crippen LogP contribution in [0.4, 0.5) is 0 Å². The largest absolute Gasteiger partial charge is 0.393 e. The molecule has 0 aromatic heterocycles. The molecule has 0 saturated carbocycles. The van der Waals surface area contributed by atoms with Gasteiger partial charge in [-0.25, -0.2) is 0 Å². The Hall–Kier alpha value is -0.170. The first-order valence-corrected chi connectivity index (χ1v) is 2.14. The fraction of sp³-hybridized carbons (Fsp3) is 0.500. The van der Waals surface area contributed by atoms with Gasteiger partial charge in [-0.1, -0.05) is 11.6 Å². The van der Waals surface area contributed by atoms with E-state index in [9.17, 15) is 0 Å². The van der Waals surface area contributed by atoms with Crippen molar-refractivity contribution in [2.24, 2.45) is 0 Å². The van der Waals surface area contributed by atoms with Gasteiger partial charge in [0.05, 0.1) is 0 Å². The van der Waals surface area contributed by atoms with E-state index in [0.29, 0.717) is 0 Å². The van der Waals surface area contributed by atoms with Gasteiger partial charge >= 0.3 is 0 Å². The van der Waals surface area contributed by atoms with E-state index < -0.39 is 0 Å². The van der Waals surface area contributed by atoms with Gasteiger partial charge in [0.1, 0.15) is 0 Å². The summed E-state index contributed by atoms with van der Waals surface area (Å²) in [6.45, 7) is 1.82. The average Bonchev–Trinajstić information content (AvgIpc) is 1.35. The maximum Gasteiger partial charge on any atom is 0.0306 e. The van der Waals surface area contributed by atoms with E-state index in [1.54, 1.807) is 6.20 Å². The number of hydrogen-bond acceptors (Lipinski definition) is 1. The third-order valence-corrected chi connectivity index (χ3v) is 0.452. The van der Waals surface area contributed by atoms with Gasteiger partial charge in [0.2, 0.25) is 0 Å². The number of hydrogen-bond donors (Lipinski definition) is 1. The molecule has 0 aromatic rings. The highest BCUT2D eigenvalue weighted by Gasteiger charge is 1.68. The second-order valence-electron chi connectivity index (χ2n) is 1.02. The molecule has 0 aliphatic heterocycles. The van der Waals surface area contributed by atoms with Gasteiger partial charge in [-0.05, 0) is 6.92 Å². The molecule has 0 aromatic carbocycles. The maximum absolute atomic E-state index is 5.38. The zero-order valence-electron chi connectivity index (χ0n) is 3.96. The highest BCUT2D eigenvalue weighted by Crippen LogP contribution is 1.92. The fourth-order valence-electron chi connectivity index (χ4n) is 0.199. The van der Waals surface area contributed by atoms with Crippen molar-refractivity contribution in [2.75, 3.05) is 7.05 Å².